The molecule has 0 unspecified atom stereocenters. The van der Waals surface area contributed by atoms with E-state index in [1.54, 1.807) is 11.1 Å². The fourth-order valence-electron chi connectivity index (χ4n) is 3.16. The first kappa shape index (κ1) is 18.7. The van der Waals surface area contributed by atoms with Gasteiger partial charge >= 0.3 is 6.09 Å². The summed E-state index contributed by atoms with van der Waals surface area (Å²) in [4.78, 5) is 25.2. The van der Waals surface area contributed by atoms with Crippen molar-refractivity contribution in [2.45, 2.75) is 45.3 Å². The number of likely N-dealkylation sites (tertiary alicyclic amines) is 1. The van der Waals surface area contributed by atoms with Crippen LogP contribution in [0.5, 0.6) is 0 Å². The van der Waals surface area contributed by atoms with E-state index in [0.717, 1.165) is 51.5 Å². The number of nitrogens with one attached hydrogen (secondary N) is 1. The van der Waals surface area contributed by atoms with Gasteiger partial charge in [-0.3, -0.25) is 0 Å². The van der Waals surface area contributed by atoms with Crippen molar-refractivity contribution in [2.24, 2.45) is 0 Å². The third kappa shape index (κ3) is 5.20. The van der Waals surface area contributed by atoms with Crippen LogP contribution in [0.15, 0.2) is 12.3 Å². The van der Waals surface area contributed by atoms with Crippen molar-refractivity contribution in [2.75, 3.05) is 49.6 Å². The summed E-state index contributed by atoms with van der Waals surface area (Å²) in [6.45, 7) is 10.1. The second kappa shape index (κ2) is 8.07. The Labute approximate surface area is 154 Å². The summed E-state index contributed by atoms with van der Waals surface area (Å²) in [5.41, 5.74) is -0.479. The molecule has 1 amide bonds. The van der Waals surface area contributed by atoms with Gasteiger partial charge in [-0.25, -0.2) is 9.78 Å². The summed E-state index contributed by atoms with van der Waals surface area (Å²) in [5, 5.41) is 3.38. The van der Waals surface area contributed by atoms with E-state index in [1.807, 2.05) is 26.8 Å². The van der Waals surface area contributed by atoms with Crippen molar-refractivity contribution in [3.8, 4) is 0 Å². The first-order chi connectivity index (χ1) is 12.4. The van der Waals surface area contributed by atoms with Gasteiger partial charge in [-0.15, -0.1) is 0 Å². The number of amides is 1. The molecule has 0 radical (unpaired) electrons. The highest BCUT2D eigenvalue weighted by Gasteiger charge is 2.28. The molecule has 2 fully saturated rings. The molecule has 8 nitrogen and oxygen atoms in total. The zero-order valence-electron chi connectivity index (χ0n) is 15.9. The van der Waals surface area contributed by atoms with E-state index in [1.165, 1.54) is 0 Å². The van der Waals surface area contributed by atoms with Crippen LogP contribution in [0.4, 0.5) is 16.6 Å². The second-order valence-corrected chi connectivity index (χ2v) is 7.75. The van der Waals surface area contributed by atoms with Crippen molar-refractivity contribution in [1.82, 2.24) is 14.9 Å². The molecule has 3 rings (SSSR count). The molecule has 0 aromatic carbocycles. The summed E-state index contributed by atoms with van der Waals surface area (Å²) < 4.78 is 10.9. The Morgan fingerprint density at radius 1 is 1.31 bits per heavy atom. The molecule has 2 saturated heterocycles. The standard InChI is InChI=1S/C18H29N5O3/c1-18(2,3)26-17(24)23-8-4-5-14(13-23)20-16-19-7-6-15(21-16)22-9-11-25-12-10-22/h6-7,14H,4-5,8-13H2,1-3H3,(H,19,20,21)/t14-/m0/s1. The van der Waals surface area contributed by atoms with E-state index >= 15 is 0 Å². The summed E-state index contributed by atoms with van der Waals surface area (Å²) in [6, 6.07) is 2.04. The highest BCUT2D eigenvalue weighted by Crippen LogP contribution is 2.19. The summed E-state index contributed by atoms with van der Waals surface area (Å²) in [5.74, 6) is 1.51. The molecule has 0 aliphatic carbocycles. The van der Waals surface area contributed by atoms with Crippen LogP contribution in [0.3, 0.4) is 0 Å². The lowest BCUT2D eigenvalue weighted by atomic mass is 10.1. The molecule has 3 heterocycles. The first-order valence-corrected chi connectivity index (χ1v) is 9.31. The number of piperidine rings is 1. The van der Waals surface area contributed by atoms with Crippen molar-refractivity contribution in [1.29, 1.82) is 0 Å². The number of carbonyl (C=O) groups excluding carboxylic acids is 1. The predicted octanol–water partition coefficient (Wildman–Crippen LogP) is 2.12. The number of aromatic nitrogens is 2. The van der Waals surface area contributed by atoms with Gasteiger partial charge in [0.2, 0.25) is 5.95 Å². The van der Waals surface area contributed by atoms with E-state index in [-0.39, 0.29) is 12.1 Å². The molecule has 0 saturated carbocycles. The van der Waals surface area contributed by atoms with Crippen LogP contribution in [0, 0.1) is 0 Å². The molecule has 1 aromatic heterocycles. The zero-order valence-corrected chi connectivity index (χ0v) is 15.9. The molecule has 1 aromatic rings. The van der Waals surface area contributed by atoms with Crippen LogP contribution in [0.2, 0.25) is 0 Å². The Morgan fingerprint density at radius 3 is 2.81 bits per heavy atom. The van der Waals surface area contributed by atoms with E-state index in [9.17, 15) is 4.79 Å². The maximum Gasteiger partial charge on any atom is 0.410 e. The molecular formula is C18H29N5O3. The Morgan fingerprint density at radius 2 is 2.08 bits per heavy atom. The van der Waals surface area contributed by atoms with E-state index in [4.69, 9.17) is 9.47 Å². The minimum atomic E-state index is -0.479. The number of ether oxygens (including phenoxy) is 2. The van der Waals surface area contributed by atoms with Gasteiger partial charge in [-0.05, 0) is 39.7 Å². The number of hydrogen-bond donors (Lipinski definition) is 1. The predicted molar refractivity (Wildman–Crippen MR) is 99.5 cm³/mol. The Bertz CT molecular complexity index is 613. The van der Waals surface area contributed by atoms with Crippen LogP contribution in [0.1, 0.15) is 33.6 Å². The summed E-state index contributed by atoms with van der Waals surface area (Å²) in [6.07, 6.45) is 3.42. The van der Waals surface area contributed by atoms with Gasteiger partial charge in [-0.2, -0.15) is 4.98 Å². The molecule has 2 aliphatic heterocycles. The van der Waals surface area contributed by atoms with Gasteiger partial charge in [0.1, 0.15) is 11.4 Å². The van der Waals surface area contributed by atoms with Crippen LogP contribution >= 0.6 is 0 Å². The average Bonchev–Trinajstić information content (AvgIpc) is 2.61. The minimum Gasteiger partial charge on any atom is -0.444 e. The maximum absolute atomic E-state index is 12.3. The van der Waals surface area contributed by atoms with Crippen LogP contribution < -0.4 is 10.2 Å². The second-order valence-electron chi connectivity index (χ2n) is 7.75. The number of carbonyl (C=O) groups is 1. The average molecular weight is 363 g/mol. The Balaban J connectivity index is 1.59. The number of rotatable bonds is 3. The third-order valence-corrected chi connectivity index (χ3v) is 4.38. The molecule has 1 atom stereocenters. The molecule has 1 N–H and O–H groups in total. The minimum absolute atomic E-state index is 0.121. The quantitative estimate of drug-likeness (QED) is 0.881. The van der Waals surface area contributed by atoms with Crippen LogP contribution in [-0.4, -0.2) is 72.0 Å². The van der Waals surface area contributed by atoms with Crippen molar-refractivity contribution in [3.63, 3.8) is 0 Å². The summed E-state index contributed by atoms with van der Waals surface area (Å²) >= 11 is 0. The Hall–Kier alpha value is -2.09. The van der Waals surface area contributed by atoms with E-state index in [2.05, 4.69) is 20.2 Å². The fraction of sp³-hybridized carbons (Fsp3) is 0.722. The van der Waals surface area contributed by atoms with Gasteiger partial charge in [0.05, 0.1) is 13.2 Å². The zero-order chi connectivity index (χ0) is 18.6. The smallest absolute Gasteiger partial charge is 0.410 e. The van der Waals surface area contributed by atoms with Crippen LogP contribution in [-0.2, 0) is 9.47 Å². The van der Waals surface area contributed by atoms with Crippen molar-refractivity contribution >= 4 is 17.9 Å². The third-order valence-electron chi connectivity index (χ3n) is 4.38. The molecule has 0 spiro atoms. The van der Waals surface area contributed by atoms with Gasteiger partial charge in [0, 0.05) is 38.4 Å². The topological polar surface area (TPSA) is 79.8 Å². The van der Waals surface area contributed by atoms with Crippen molar-refractivity contribution < 1.29 is 14.3 Å². The number of anilines is 2. The molecule has 144 valence electrons. The van der Waals surface area contributed by atoms with Crippen LogP contribution in [0.25, 0.3) is 0 Å². The normalized spacial score (nSPS) is 21.4. The van der Waals surface area contributed by atoms with Gasteiger partial charge in [0.25, 0.3) is 0 Å². The summed E-state index contributed by atoms with van der Waals surface area (Å²) in [7, 11) is 0. The lowest BCUT2D eigenvalue weighted by Gasteiger charge is -2.34. The number of hydrogen-bond acceptors (Lipinski definition) is 7. The van der Waals surface area contributed by atoms with Gasteiger partial charge in [-0.1, -0.05) is 0 Å². The highest BCUT2D eigenvalue weighted by atomic mass is 16.6. The molecule has 2 aliphatic rings. The van der Waals surface area contributed by atoms with E-state index < -0.39 is 5.60 Å². The molecule has 8 heteroatoms. The Kier molecular flexibility index (Phi) is 5.80. The number of morpholine rings is 1. The van der Waals surface area contributed by atoms with Crippen molar-refractivity contribution in [3.05, 3.63) is 12.3 Å². The van der Waals surface area contributed by atoms with E-state index in [0.29, 0.717) is 12.5 Å². The van der Waals surface area contributed by atoms with Gasteiger partial charge in [0.15, 0.2) is 0 Å². The monoisotopic (exact) mass is 363 g/mol. The fourth-order valence-corrected chi connectivity index (χ4v) is 3.16. The SMILES string of the molecule is CC(C)(C)OC(=O)N1CCC[C@H](Nc2nccc(N3CCOCC3)n2)C1. The first-order valence-electron chi connectivity index (χ1n) is 9.31. The lowest BCUT2D eigenvalue weighted by Crippen LogP contribution is -2.47. The maximum atomic E-state index is 12.3. The molecule has 26 heavy (non-hydrogen) atoms. The lowest BCUT2D eigenvalue weighted by molar-refractivity contribution is 0.0206. The molecule has 0 bridgehead atoms. The number of nitrogens with zero attached hydrogens (tertiary/aromatic N) is 4. The highest BCUT2D eigenvalue weighted by molar-refractivity contribution is 5.68. The molecular weight excluding hydrogens is 334 g/mol. The van der Waals surface area contributed by atoms with Gasteiger partial charge < -0.3 is 24.6 Å². The largest absolute Gasteiger partial charge is 0.444 e.